The maximum atomic E-state index is 10.9. The van der Waals surface area contributed by atoms with Crippen LogP contribution in [0.1, 0.15) is 29.1 Å². The van der Waals surface area contributed by atoms with Crippen molar-refractivity contribution in [3.63, 3.8) is 0 Å². The third kappa shape index (κ3) is 2.18. The summed E-state index contributed by atoms with van der Waals surface area (Å²) >= 11 is 1.53. The fraction of sp³-hybridized carbons (Fsp3) is 0.250. The number of carboxylic acid groups (broad SMARTS) is 1. The number of aromatic carboxylic acids is 1. The fourth-order valence-corrected chi connectivity index (χ4v) is 2.49. The molecular weight excluding hydrogens is 208 g/mol. The largest absolute Gasteiger partial charge is 0.478 e. The topological polar surface area (TPSA) is 37.3 Å². The van der Waals surface area contributed by atoms with E-state index < -0.39 is 5.97 Å². The van der Waals surface area contributed by atoms with Crippen LogP contribution in [0.4, 0.5) is 0 Å². The number of aryl methyl sites for hydroxylation is 1. The standard InChI is InChI=1S/C10H8O2S.C2H6/c1-6-9(10(11)12)7-4-2-3-5-8(7)13-6;1-2/h2-5H,1H3,(H,11,12);1-2H3. The van der Waals surface area contributed by atoms with Crippen molar-refractivity contribution in [2.24, 2.45) is 0 Å². The molecule has 2 rings (SSSR count). The summed E-state index contributed by atoms with van der Waals surface area (Å²) in [5.41, 5.74) is 0.445. The zero-order valence-corrected chi connectivity index (χ0v) is 9.89. The van der Waals surface area contributed by atoms with Crippen molar-refractivity contribution >= 4 is 27.4 Å². The van der Waals surface area contributed by atoms with Gasteiger partial charge in [-0.05, 0) is 13.0 Å². The molecule has 0 aliphatic rings. The fourth-order valence-electron chi connectivity index (χ4n) is 1.43. The zero-order valence-electron chi connectivity index (χ0n) is 9.07. The number of fused-ring (bicyclic) bond motifs is 1. The summed E-state index contributed by atoms with van der Waals surface area (Å²) in [5, 5.41) is 9.80. The van der Waals surface area contributed by atoms with Gasteiger partial charge in [-0.1, -0.05) is 32.0 Å². The number of thiophene rings is 1. The molecule has 2 aromatic rings. The Morgan fingerprint density at radius 1 is 1.27 bits per heavy atom. The van der Waals surface area contributed by atoms with E-state index in [2.05, 4.69) is 0 Å². The van der Waals surface area contributed by atoms with Gasteiger partial charge < -0.3 is 5.11 Å². The Bertz CT molecular complexity index is 471. The van der Waals surface area contributed by atoms with Crippen LogP contribution >= 0.6 is 11.3 Å². The Balaban J connectivity index is 0.000000531. The summed E-state index contributed by atoms with van der Waals surface area (Å²) in [6.45, 7) is 5.84. The number of hydrogen-bond donors (Lipinski definition) is 1. The normalized spacial score (nSPS) is 9.53. The van der Waals surface area contributed by atoms with Gasteiger partial charge in [-0.15, -0.1) is 11.3 Å². The van der Waals surface area contributed by atoms with Gasteiger partial charge in [0.1, 0.15) is 0 Å². The number of benzene rings is 1. The number of carboxylic acids is 1. The van der Waals surface area contributed by atoms with Crippen molar-refractivity contribution in [3.8, 4) is 0 Å². The van der Waals surface area contributed by atoms with E-state index in [1.165, 1.54) is 11.3 Å². The highest BCUT2D eigenvalue weighted by atomic mass is 32.1. The third-order valence-electron chi connectivity index (χ3n) is 1.99. The molecule has 0 bridgehead atoms. The van der Waals surface area contributed by atoms with Gasteiger partial charge >= 0.3 is 5.97 Å². The van der Waals surface area contributed by atoms with Crippen molar-refractivity contribution in [2.45, 2.75) is 20.8 Å². The maximum Gasteiger partial charge on any atom is 0.337 e. The molecule has 0 unspecified atom stereocenters. The Labute approximate surface area is 93.2 Å². The van der Waals surface area contributed by atoms with Crippen LogP contribution in [0.15, 0.2) is 24.3 Å². The first-order valence-corrected chi connectivity index (χ1v) is 5.73. The first-order valence-electron chi connectivity index (χ1n) is 4.91. The van der Waals surface area contributed by atoms with E-state index in [9.17, 15) is 4.79 Å². The second-order valence-corrected chi connectivity index (χ2v) is 4.09. The van der Waals surface area contributed by atoms with Crippen molar-refractivity contribution in [3.05, 3.63) is 34.7 Å². The molecule has 0 saturated heterocycles. The molecule has 0 atom stereocenters. The number of hydrogen-bond acceptors (Lipinski definition) is 2. The van der Waals surface area contributed by atoms with Crippen LogP contribution < -0.4 is 0 Å². The predicted octanol–water partition coefficient (Wildman–Crippen LogP) is 3.93. The highest BCUT2D eigenvalue weighted by molar-refractivity contribution is 7.19. The molecule has 1 aromatic heterocycles. The lowest BCUT2D eigenvalue weighted by atomic mass is 10.1. The van der Waals surface area contributed by atoms with Gasteiger partial charge in [0.25, 0.3) is 0 Å². The molecule has 1 N–H and O–H groups in total. The minimum Gasteiger partial charge on any atom is -0.478 e. The highest BCUT2D eigenvalue weighted by Gasteiger charge is 2.13. The van der Waals surface area contributed by atoms with Crippen LogP contribution in [0.5, 0.6) is 0 Å². The van der Waals surface area contributed by atoms with Crippen molar-refractivity contribution in [1.82, 2.24) is 0 Å². The molecule has 0 aliphatic heterocycles. The van der Waals surface area contributed by atoms with Gasteiger partial charge in [0.05, 0.1) is 5.56 Å². The first-order chi connectivity index (χ1) is 7.20. The monoisotopic (exact) mass is 222 g/mol. The van der Waals surface area contributed by atoms with Crippen molar-refractivity contribution in [2.75, 3.05) is 0 Å². The quantitative estimate of drug-likeness (QED) is 0.793. The average molecular weight is 222 g/mol. The van der Waals surface area contributed by atoms with E-state index in [1.807, 2.05) is 45.0 Å². The summed E-state index contributed by atoms with van der Waals surface area (Å²) in [6, 6.07) is 7.58. The molecule has 0 fully saturated rings. The maximum absolute atomic E-state index is 10.9. The Kier molecular flexibility index (Phi) is 3.86. The lowest BCUT2D eigenvalue weighted by molar-refractivity contribution is 0.0699. The molecule has 15 heavy (non-hydrogen) atoms. The molecule has 0 radical (unpaired) electrons. The first kappa shape index (κ1) is 11.7. The minimum absolute atomic E-state index is 0.445. The lowest BCUT2D eigenvalue weighted by Crippen LogP contribution is -1.95. The molecule has 2 nitrogen and oxygen atoms in total. The summed E-state index contributed by atoms with van der Waals surface area (Å²) < 4.78 is 1.04. The van der Waals surface area contributed by atoms with Crippen molar-refractivity contribution in [1.29, 1.82) is 0 Å². The van der Waals surface area contributed by atoms with Crippen LogP contribution in [0.2, 0.25) is 0 Å². The minimum atomic E-state index is -0.838. The third-order valence-corrected chi connectivity index (χ3v) is 3.07. The summed E-state index contributed by atoms with van der Waals surface area (Å²) in [7, 11) is 0. The summed E-state index contributed by atoms with van der Waals surface area (Å²) in [5.74, 6) is -0.838. The zero-order chi connectivity index (χ0) is 11.4. The van der Waals surface area contributed by atoms with Gasteiger partial charge in [0, 0.05) is 15.0 Å². The molecule has 0 saturated carbocycles. The molecule has 0 aliphatic carbocycles. The average Bonchev–Trinajstić information content (AvgIpc) is 2.56. The smallest absolute Gasteiger partial charge is 0.337 e. The Morgan fingerprint density at radius 2 is 1.87 bits per heavy atom. The van der Waals surface area contributed by atoms with E-state index in [0.29, 0.717) is 5.56 Å². The van der Waals surface area contributed by atoms with Gasteiger partial charge in [0.15, 0.2) is 0 Å². The Morgan fingerprint density at radius 3 is 2.47 bits per heavy atom. The second kappa shape index (κ2) is 4.94. The van der Waals surface area contributed by atoms with E-state index in [1.54, 1.807) is 0 Å². The van der Waals surface area contributed by atoms with Gasteiger partial charge in [0.2, 0.25) is 0 Å². The number of rotatable bonds is 1. The van der Waals surface area contributed by atoms with Gasteiger partial charge in [-0.25, -0.2) is 4.79 Å². The van der Waals surface area contributed by atoms with E-state index in [0.717, 1.165) is 15.0 Å². The molecule has 0 spiro atoms. The van der Waals surface area contributed by atoms with Gasteiger partial charge in [-0.2, -0.15) is 0 Å². The van der Waals surface area contributed by atoms with Crippen LogP contribution in [0.25, 0.3) is 10.1 Å². The van der Waals surface area contributed by atoms with Gasteiger partial charge in [-0.3, -0.25) is 0 Å². The van der Waals surface area contributed by atoms with Crippen molar-refractivity contribution < 1.29 is 9.90 Å². The van der Waals surface area contributed by atoms with Crippen LogP contribution in [0, 0.1) is 6.92 Å². The van der Waals surface area contributed by atoms with E-state index in [-0.39, 0.29) is 0 Å². The lowest BCUT2D eigenvalue weighted by Gasteiger charge is -1.92. The SMILES string of the molecule is CC.Cc1sc2ccccc2c1C(=O)O. The summed E-state index contributed by atoms with van der Waals surface area (Å²) in [6.07, 6.45) is 0. The van der Waals surface area contributed by atoms with Crippen LogP contribution in [0.3, 0.4) is 0 Å². The molecular formula is C12H14O2S. The van der Waals surface area contributed by atoms with E-state index >= 15 is 0 Å². The van der Waals surface area contributed by atoms with Crippen LogP contribution in [-0.2, 0) is 0 Å². The predicted molar refractivity (Wildman–Crippen MR) is 64.9 cm³/mol. The summed E-state index contributed by atoms with van der Waals surface area (Å²) in [4.78, 5) is 11.8. The van der Waals surface area contributed by atoms with Crippen LogP contribution in [-0.4, -0.2) is 11.1 Å². The molecule has 1 heterocycles. The molecule has 80 valence electrons. The molecule has 1 aromatic carbocycles. The molecule has 3 heteroatoms. The molecule has 0 amide bonds. The highest BCUT2D eigenvalue weighted by Crippen LogP contribution is 2.30. The second-order valence-electron chi connectivity index (χ2n) is 2.83. The Hall–Kier alpha value is -1.35. The van der Waals surface area contributed by atoms with E-state index in [4.69, 9.17) is 5.11 Å². The number of carbonyl (C=O) groups is 1.